The second-order valence-electron chi connectivity index (χ2n) is 8.43. The molecule has 0 aliphatic carbocycles. The number of aromatic nitrogens is 5. The van der Waals surface area contributed by atoms with Gasteiger partial charge in [-0.3, -0.25) is 9.78 Å². The largest absolute Gasteiger partial charge is 0.338 e. The summed E-state index contributed by atoms with van der Waals surface area (Å²) < 4.78 is 0. The van der Waals surface area contributed by atoms with Crippen LogP contribution in [0.25, 0.3) is 0 Å². The molecule has 4 aromatic rings. The fraction of sp³-hybridized carbons (Fsp3) is 0.231. The number of amides is 1. The highest BCUT2D eigenvalue weighted by molar-refractivity contribution is 6.04. The van der Waals surface area contributed by atoms with Gasteiger partial charge < -0.3 is 21.0 Å². The highest BCUT2D eigenvalue weighted by Gasteiger charge is 2.21. The summed E-state index contributed by atoms with van der Waals surface area (Å²) >= 11 is 0. The molecule has 1 amide bonds. The van der Waals surface area contributed by atoms with Crippen LogP contribution >= 0.6 is 0 Å². The number of aryl methyl sites for hydroxylation is 1. The van der Waals surface area contributed by atoms with Crippen LogP contribution in [0.1, 0.15) is 23.1 Å². The first-order chi connectivity index (χ1) is 18.2. The maximum Gasteiger partial charge on any atom is 0.255 e. The van der Waals surface area contributed by atoms with Crippen molar-refractivity contribution < 1.29 is 4.79 Å². The molecular weight excluding hydrogens is 468 g/mol. The van der Waals surface area contributed by atoms with Gasteiger partial charge in [0.2, 0.25) is 11.9 Å². The van der Waals surface area contributed by atoms with E-state index in [1.54, 1.807) is 30.7 Å². The average Bonchev–Trinajstić information content (AvgIpc) is 2.94. The minimum absolute atomic E-state index is 0.222. The number of benzene rings is 1. The Labute approximate surface area is 215 Å². The number of rotatable bonds is 8. The topological polar surface area (TPSA) is 124 Å². The Bertz CT molecular complexity index is 1330. The van der Waals surface area contributed by atoms with Gasteiger partial charge in [0.1, 0.15) is 11.6 Å². The molecule has 3 aromatic heterocycles. The van der Waals surface area contributed by atoms with Crippen LogP contribution in [-0.4, -0.2) is 62.0 Å². The van der Waals surface area contributed by atoms with Crippen molar-refractivity contribution in [1.29, 1.82) is 0 Å². The Morgan fingerprint density at radius 3 is 2.43 bits per heavy atom. The molecule has 188 valence electrons. The van der Waals surface area contributed by atoms with Crippen molar-refractivity contribution in [3.63, 3.8) is 0 Å². The highest BCUT2D eigenvalue weighted by atomic mass is 16.1. The number of para-hydroxylation sites is 1. The smallest absolute Gasteiger partial charge is 0.255 e. The van der Waals surface area contributed by atoms with Crippen LogP contribution in [0.4, 0.5) is 29.1 Å². The molecule has 1 aliphatic heterocycles. The van der Waals surface area contributed by atoms with Gasteiger partial charge in [0, 0.05) is 62.4 Å². The normalized spacial score (nSPS) is 13.7. The third kappa shape index (κ3) is 6.33. The van der Waals surface area contributed by atoms with Crippen molar-refractivity contribution in [2.24, 2.45) is 0 Å². The molecule has 4 heterocycles. The molecule has 1 fully saturated rings. The van der Waals surface area contributed by atoms with Gasteiger partial charge in [-0.15, -0.1) is 0 Å². The van der Waals surface area contributed by atoms with Gasteiger partial charge in [-0.2, -0.15) is 15.0 Å². The van der Waals surface area contributed by atoms with Crippen molar-refractivity contribution in [2.45, 2.75) is 13.3 Å². The number of pyridine rings is 2. The van der Waals surface area contributed by atoms with Crippen LogP contribution in [0, 0.1) is 0 Å². The number of hydrogen-bond donors (Lipinski definition) is 3. The molecule has 1 aromatic carbocycles. The summed E-state index contributed by atoms with van der Waals surface area (Å²) in [5.41, 5.74) is 5.62. The first-order valence-electron chi connectivity index (χ1n) is 12.2. The summed E-state index contributed by atoms with van der Waals surface area (Å²) in [7, 11) is 0. The Morgan fingerprint density at radius 1 is 0.892 bits per heavy atom. The summed E-state index contributed by atoms with van der Waals surface area (Å²) in [5, 5.41) is 8.20. The zero-order valence-corrected chi connectivity index (χ0v) is 20.5. The fourth-order valence-electron chi connectivity index (χ4n) is 3.87. The van der Waals surface area contributed by atoms with E-state index in [2.05, 4.69) is 50.9 Å². The number of piperazine rings is 1. The second kappa shape index (κ2) is 11.4. The van der Waals surface area contributed by atoms with E-state index in [0.717, 1.165) is 37.6 Å². The molecule has 37 heavy (non-hydrogen) atoms. The van der Waals surface area contributed by atoms with Crippen LogP contribution in [0.15, 0.2) is 73.2 Å². The summed E-state index contributed by atoms with van der Waals surface area (Å²) in [6.07, 6.45) is 5.79. The molecule has 1 aliphatic rings. The van der Waals surface area contributed by atoms with E-state index in [-0.39, 0.29) is 5.91 Å². The lowest BCUT2D eigenvalue weighted by molar-refractivity contribution is 0.102. The number of nitrogens with one attached hydrogen (secondary N) is 3. The minimum atomic E-state index is -0.222. The molecule has 0 atom stereocenters. The molecule has 11 nitrogen and oxygen atoms in total. The van der Waals surface area contributed by atoms with Crippen LogP contribution in [0.5, 0.6) is 0 Å². The predicted octanol–water partition coefficient (Wildman–Crippen LogP) is 3.37. The van der Waals surface area contributed by atoms with Crippen molar-refractivity contribution in [3.8, 4) is 0 Å². The Morgan fingerprint density at radius 2 is 1.68 bits per heavy atom. The van der Waals surface area contributed by atoms with Crippen molar-refractivity contribution in [2.75, 3.05) is 47.1 Å². The van der Waals surface area contributed by atoms with E-state index < -0.39 is 0 Å². The van der Waals surface area contributed by atoms with E-state index in [1.807, 2.05) is 49.4 Å². The molecule has 3 N–H and O–H groups in total. The third-order valence-corrected chi connectivity index (χ3v) is 5.81. The number of hydrazine groups is 1. The van der Waals surface area contributed by atoms with Crippen molar-refractivity contribution in [1.82, 2.24) is 29.9 Å². The van der Waals surface area contributed by atoms with Crippen LogP contribution in [0.2, 0.25) is 0 Å². The highest BCUT2D eigenvalue weighted by Crippen LogP contribution is 2.18. The van der Waals surface area contributed by atoms with E-state index >= 15 is 0 Å². The quantitative estimate of drug-likeness (QED) is 0.334. The maximum atomic E-state index is 12.7. The van der Waals surface area contributed by atoms with Gasteiger partial charge in [-0.25, -0.2) is 9.99 Å². The lowest BCUT2D eigenvalue weighted by atomic mass is 10.2. The van der Waals surface area contributed by atoms with Gasteiger partial charge in [0.25, 0.3) is 5.91 Å². The second-order valence-corrected chi connectivity index (χ2v) is 8.43. The molecular formula is C26H28N10O. The first kappa shape index (κ1) is 24.1. The lowest BCUT2D eigenvalue weighted by Gasteiger charge is -2.35. The third-order valence-electron chi connectivity index (χ3n) is 5.81. The Kier molecular flexibility index (Phi) is 7.42. The Hall–Kier alpha value is -4.64. The van der Waals surface area contributed by atoms with Gasteiger partial charge in [0.05, 0.1) is 5.69 Å². The molecule has 5 rings (SSSR count). The molecule has 11 heteroatoms. The predicted molar refractivity (Wildman–Crippen MR) is 143 cm³/mol. The Balaban J connectivity index is 1.26. The lowest BCUT2D eigenvalue weighted by Crippen LogP contribution is -2.49. The number of carbonyl (C=O) groups excluding carboxylic acids is 1. The number of hydrogen-bond acceptors (Lipinski definition) is 10. The van der Waals surface area contributed by atoms with Crippen LogP contribution in [-0.2, 0) is 6.42 Å². The number of anilines is 5. The summed E-state index contributed by atoms with van der Waals surface area (Å²) in [6.45, 7) is 5.14. The average molecular weight is 497 g/mol. The monoisotopic (exact) mass is 496 g/mol. The SMILES string of the molecule is CCc1nc(Nc2cc(C(=O)Nc3ccccc3)ccn2)nc(N2CCN(Nc3ccncc3)CC2)n1. The van der Waals surface area contributed by atoms with Gasteiger partial charge in [-0.05, 0) is 36.4 Å². The maximum absolute atomic E-state index is 12.7. The zero-order valence-electron chi connectivity index (χ0n) is 20.5. The summed E-state index contributed by atoms with van der Waals surface area (Å²) in [6, 6.07) is 16.5. The number of nitrogens with zero attached hydrogens (tertiary/aromatic N) is 7. The van der Waals surface area contributed by atoms with Gasteiger partial charge in [0.15, 0.2) is 0 Å². The van der Waals surface area contributed by atoms with Crippen LogP contribution < -0.4 is 21.0 Å². The zero-order chi connectivity index (χ0) is 25.5. The molecule has 0 bridgehead atoms. The molecule has 0 saturated carbocycles. The fourth-order valence-corrected chi connectivity index (χ4v) is 3.87. The van der Waals surface area contributed by atoms with E-state index in [9.17, 15) is 4.79 Å². The molecule has 0 radical (unpaired) electrons. The number of carbonyl (C=O) groups is 1. The van der Waals surface area contributed by atoms with Crippen LogP contribution in [0.3, 0.4) is 0 Å². The molecule has 0 spiro atoms. The van der Waals surface area contributed by atoms with Crippen molar-refractivity contribution in [3.05, 3.63) is 84.6 Å². The molecule has 1 saturated heterocycles. The minimum Gasteiger partial charge on any atom is -0.338 e. The van der Waals surface area contributed by atoms with Crippen molar-refractivity contribution >= 4 is 35.0 Å². The van der Waals surface area contributed by atoms with E-state index in [4.69, 9.17) is 0 Å². The molecule has 0 unspecified atom stereocenters. The first-order valence-corrected chi connectivity index (χ1v) is 12.2. The summed E-state index contributed by atoms with van der Waals surface area (Å²) in [4.78, 5) is 37.1. The van der Waals surface area contributed by atoms with Gasteiger partial charge >= 0.3 is 0 Å². The van der Waals surface area contributed by atoms with E-state index in [1.165, 1.54) is 0 Å². The summed E-state index contributed by atoms with van der Waals surface area (Å²) in [5.74, 6) is 1.96. The van der Waals surface area contributed by atoms with E-state index in [0.29, 0.717) is 35.5 Å². The van der Waals surface area contributed by atoms with Gasteiger partial charge in [-0.1, -0.05) is 25.1 Å². The standard InChI is InChI=1S/C26H28N10O/c1-2-22-30-25(31-23-18-19(8-13-28-23)24(37)29-20-6-4-3-5-7-20)33-26(32-22)35-14-16-36(17-15-35)34-21-9-11-27-12-10-21/h3-13,18H,2,14-17H2,1H3,(H,27,34)(H,29,37)(H,28,30,31,32,33).